The third-order valence-electron chi connectivity index (χ3n) is 3.36. The Kier molecular flexibility index (Phi) is 5.01. The Labute approximate surface area is 115 Å². The summed E-state index contributed by atoms with van der Waals surface area (Å²) in [7, 11) is 0. The number of nitrogens with one attached hydrogen (secondary N) is 1. The van der Waals surface area contributed by atoms with Gasteiger partial charge >= 0.3 is 0 Å². The van der Waals surface area contributed by atoms with Crippen LogP contribution in [0.5, 0.6) is 0 Å². The van der Waals surface area contributed by atoms with Crippen molar-refractivity contribution in [2.24, 2.45) is 5.92 Å². The second-order valence-electron chi connectivity index (χ2n) is 5.53. The van der Waals surface area contributed by atoms with Crippen LogP contribution in [0.2, 0.25) is 0 Å². The number of hydrogen-bond donors (Lipinski definition) is 1. The highest BCUT2D eigenvalue weighted by atomic mass is 32.1. The van der Waals surface area contributed by atoms with Crippen molar-refractivity contribution in [3.8, 4) is 0 Å². The molecule has 1 saturated carbocycles. The Morgan fingerprint density at radius 2 is 2.28 bits per heavy atom. The van der Waals surface area contributed by atoms with Crippen molar-refractivity contribution in [2.75, 3.05) is 18.4 Å². The van der Waals surface area contributed by atoms with Gasteiger partial charge in [-0.15, -0.1) is 11.3 Å². The molecule has 0 amide bonds. The molecule has 0 unspecified atom stereocenters. The lowest BCUT2D eigenvalue weighted by atomic mass is 10.2. The number of thiazole rings is 1. The van der Waals surface area contributed by atoms with Gasteiger partial charge in [0.1, 0.15) is 0 Å². The summed E-state index contributed by atoms with van der Waals surface area (Å²) in [5, 5.41) is 4.43. The van der Waals surface area contributed by atoms with Crippen LogP contribution in [0.4, 0.5) is 5.13 Å². The highest BCUT2D eigenvalue weighted by Gasteiger charge is 2.25. The molecular formula is C14H25N3S. The predicted molar refractivity (Wildman–Crippen MR) is 79.2 cm³/mol. The molecule has 1 fully saturated rings. The van der Waals surface area contributed by atoms with E-state index < -0.39 is 0 Å². The first-order chi connectivity index (χ1) is 8.69. The highest BCUT2D eigenvalue weighted by Crippen LogP contribution is 2.31. The monoisotopic (exact) mass is 267 g/mol. The lowest BCUT2D eigenvalue weighted by molar-refractivity contribution is 0.205. The van der Waals surface area contributed by atoms with Crippen LogP contribution in [0.1, 0.15) is 44.9 Å². The Bertz CT molecular complexity index is 358. The molecule has 1 aromatic heterocycles. The molecule has 1 N–H and O–H groups in total. The topological polar surface area (TPSA) is 28.2 Å². The van der Waals surface area contributed by atoms with Gasteiger partial charge in [-0.05, 0) is 39.0 Å². The molecule has 1 aromatic rings. The summed E-state index contributed by atoms with van der Waals surface area (Å²) in [5.41, 5.74) is 0. The quantitative estimate of drug-likeness (QED) is 0.780. The SMILES string of the molecule is CCCNc1ncc(CN(CC2CC2)C(C)C)s1. The van der Waals surface area contributed by atoms with E-state index in [0.717, 1.165) is 30.6 Å². The average Bonchev–Trinajstić information content (AvgIpc) is 3.04. The lowest BCUT2D eigenvalue weighted by Gasteiger charge is -2.25. The first-order valence-electron chi connectivity index (χ1n) is 7.11. The van der Waals surface area contributed by atoms with Gasteiger partial charge in [0.15, 0.2) is 5.13 Å². The van der Waals surface area contributed by atoms with Crippen molar-refractivity contribution in [1.29, 1.82) is 0 Å². The summed E-state index contributed by atoms with van der Waals surface area (Å²) in [5.74, 6) is 0.956. The smallest absolute Gasteiger partial charge is 0.182 e. The molecule has 102 valence electrons. The Morgan fingerprint density at radius 1 is 1.50 bits per heavy atom. The van der Waals surface area contributed by atoms with Gasteiger partial charge in [-0.3, -0.25) is 4.90 Å². The van der Waals surface area contributed by atoms with Crippen LogP contribution in [-0.2, 0) is 6.54 Å². The normalized spacial score (nSPS) is 15.6. The molecule has 0 saturated heterocycles. The fraction of sp³-hybridized carbons (Fsp3) is 0.786. The lowest BCUT2D eigenvalue weighted by Crippen LogP contribution is -2.31. The van der Waals surface area contributed by atoms with E-state index in [0.29, 0.717) is 6.04 Å². The molecule has 18 heavy (non-hydrogen) atoms. The number of nitrogens with zero attached hydrogens (tertiary/aromatic N) is 2. The molecule has 1 aliphatic carbocycles. The van der Waals surface area contributed by atoms with Gasteiger partial charge in [0.25, 0.3) is 0 Å². The van der Waals surface area contributed by atoms with Crippen molar-refractivity contribution >= 4 is 16.5 Å². The van der Waals surface area contributed by atoms with Crippen molar-refractivity contribution in [3.05, 3.63) is 11.1 Å². The maximum absolute atomic E-state index is 4.44. The molecule has 0 aromatic carbocycles. The maximum Gasteiger partial charge on any atom is 0.182 e. The van der Waals surface area contributed by atoms with Gasteiger partial charge in [0.2, 0.25) is 0 Å². The van der Waals surface area contributed by atoms with Gasteiger partial charge in [-0.1, -0.05) is 6.92 Å². The number of anilines is 1. The van der Waals surface area contributed by atoms with Gasteiger partial charge < -0.3 is 5.32 Å². The van der Waals surface area contributed by atoms with E-state index in [1.807, 2.05) is 6.20 Å². The van der Waals surface area contributed by atoms with Crippen molar-refractivity contribution in [3.63, 3.8) is 0 Å². The van der Waals surface area contributed by atoms with E-state index in [1.54, 1.807) is 11.3 Å². The van der Waals surface area contributed by atoms with Crippen molar-refractivity contribution in [2.45, 2.75) is 52.6 Å². The number of aromatic nitrogens is 1. The summed E-state index contributed by atoms with van der Waals surface area (Å²) in [4.78, 5) is 8.40. The summed E-state index contributed by atoms with van der Waals surface area (Å²) in [6, 6.07) is 0.625. The molecule has 1 heterocycles. The molecule has 0 radical (unpaired) electrons. The molecule has 2 rings (SSSR count). The average molecular weight is 267 g/mol. The van der Waals surface area contributed by atoms with E-state index in [9.17, 15) is 0 Å². The third kappa shape index (κ3) is 4.25. The van der Waals surface area contributed by atoms with E-state index >= 15 is 0 Å². The van der Waals surface area contributed by atoms with Crippen molar-refractivity contribution in [1.82, 2.24) is 9.88 Å². The maximum atomic E-state index is 4.44. The minimum Gasteiger partial charge on any atom is -0.362 e. The number of rotatable bonds is 8. The predicted octanol–water partition coefficient (Wildman–Crippen LogP) is 3.59. The molecule has 0 aliphatic heterocycles. The Balaban J connectivity index is 1.86. The minimum atomic E-state index is 0.625. The van der Waals surface area contributed by atoms with E-state index in [-0.39, 0.29) is 0 Å². The van der Waals surface area contributed by atoms with Crippen LogP contribution < -0.4 is 5.32 Å². The van der Waals surface area contributed by atoms with Crippen LogP contribution in [0.25, 0.3) is 0 Å². The highest BCUT2D eigenvalue weighted by molar-refractivity contribution is 7.15. The van der Waals surface area contributed by atoms with E-state index in [4.69, 9.17) is 0 Å². The second kappa shape index (κ2) is 6.53. The van der Waals surface area contributed by atoms with Gasteiger partial charge in [-0.2, -0.15) is 0 Å². The first-order valence-corrected chi connectivity index (χ1v) is 7.93. The molecule has 1 aliphatic rings. The van der Waals surface area contributed by atoms with E-state index in [2.05, 4.69) is 36.0 Å². The zero-order valence-corrected chi connectivity index (χ0v) is 12.6. The minimum absolute atomic E-state index is 0.625. The fourth-order valence-electron chi connectivity index (χ4n) is 1.98. The second-order valence-corrected chi connectivity index (χ2v) is 6.64. The molecule has 4 heteroatoms. The van der Waals surface area contributed by atoms with Crippen LogP contribution in [0.3, 0.4) is 0 Å². The third-order valence-corrected chi connectivity index (χ3v) is 4.30. The largest absolute Gasteiger partial charge is 0.362 e. The zero-order chi connectivity index (χ0) is 13.0. The Morgan fingerprint density at radius 3 is 2.89 bits per heavy atom. The molecular weight excluding hydrogens is 242 g/mol. The van der Waals surface area contributed by atoms with Gasteiger partial charge in [-0.25, -0.2) is 4.98 Å². The standard InChI is InChI=1S/C14H25N3S/c1-4-7-15-14-16-8-13(18-14)10-17(11(2)3)9-12-5-6-12/h8,11-12H,4-7,9-10H2,1-3H3,(H,15,16). The molecule has 3 nitrogen and oxygen atoms in total. The molecule has 0 bridgehead atoms. The molecule has 0 atom stereocenters. The summed E-state index contributed by atoms with van der Waals surface area (Å²) in [6.07, 6.45) is 6.03. The van der Waals surface area contributed by atoms with Crippen LogP contribution in [0.15, 0.2) is 6.20 Å². The fourth-order valence-corrected chi connectivity index (χ4v) is 2.85. The summed E-state index contributed by atoms with van der Waals surface area (Å²) >= 11 is 1.80. The van der Waals surface area contributed by atoms with Crippen LogP contribution >= 0.6 is 11.3 Å². The molecule has 0 spiro atoms. The van der Waals surface area contributed by atoms with Crippen LogP contribution in [0, 0.1) is 5.92 Å². The Hall–Kier alpha value is -0.610. The first kappa shape index (κ1) is 13.8. The van der Waals surface area contributed by atoms with Gasteiger partial charge in [0, 0.05) is 36.8 Å². The van der Waals surface area contributed by atoms with Crippen LogP contribution in [-0.4, -0.2) is 29.0 Å². The van der Waals surface area contributed by atoms with E-state index in [1.165, 1.54) is 24.3 Å². The van der Waals surface area contributed by atoms with Crippen molar-refractivity contribution < 1.29 is 0 Å². The van der Waals surface area contributed by atoms with Gasteiger partial charge in [0.05, 0.1) is 0 Å². The number of hydrogen-bond acceptors (Lipinski definition) is 4. The zero-order valence-electron chi connectivity index (χ0n) is 11.8. The summed E-state index contributed by atoms with van der Waals surface area (Å²) in [6.45, 7) is 10.1. The summed E-state index contributed by atoms with van der Waals surface area (Å²) < 4.78 is 0.